The lowest BCUT2D eigenvalue weighted by Crippen LogP contribution is -2.58. The molecule has 8 atom stereocenters. The van der Waals surface area contributed by atoms with E-state index in [2.05, 4.69) is 23.6 Å². The van der Waals surface area contributed by atoms with E-state index < -0.39 is 0 Å². The van der Waals surface area contributed by atoms with Gasteiger partial charge in [-0.05, 0) is 76.3 Å². The van der Waals surface area contributed by atoms with Crippen molar-refractivity contribution in [3.63, 3.8) is 0 Å². The fourth-order valence-electron chi connectivity index (χ4n) is 9.04. The number of rotatable bonds is 0. The second-order valence-corrected chi connectivity index (χ2v) is 12.9. The van der Waals surface area contributed by atoms with Crippen LogP contribution in [-0.2, 0) is 9.59 Å². The van der Waals surface area contributed by atoms with Gasteiger partial charge in [0.05, 0.1) is 0 Å². The maximum Gasteiger partial charge on any atom is 0.141 e. The molecule has 4 nitrogen and oxygen atoms in total. The van der Waals surface area contributed by atoms with Crippen LogP contribution in [0.1, 0.15) is 104 Å². The van der Waals surface area contributed by atoms with Gasteiger partial charge in [0, 0.05) is 48.8 Å². The van der Waals surface area contributed by atoms with Crippen LogP contribution < -0.4 is 0 Å². The SMILES string of the molecule is C[C@@H]1CN2CCC[C@@H]3CCCCC[C@@H]4C(=O)[C@@H](C)CN5CCC[C@@H](CCCCC[C@@H](C1=O)[C@H]32)[C@H]45. The molecule has 0 aromatic rings. The van der Waals surface area contributed by atoms with E-state index in [9.17, 15) is 9.59 Å². The molecule has 4 heteroatoms. The first-order valence-electron chi connectivity index (χ1n) is 15.1. The van der Waals surface area contributed by atoms with E-state index in [1.165, 1.54) is 90.1 Å². The topological polar surface area (TPSA) is 40.6 Å². The minimum Gasteiger partial charge on any atom is -0.299 e. The highest BCUT2D eigenvalue weighted by atomic mass is 16.1. The lowest BCUT2D eigenvalue weighted by molar-refractivity contribution is -0.138. The number of carbonyl (C=O) groups excluding carboxylic acids is 2. The van der Waals surface area contributed by atoms with Gasteiger partial charge in [-0.3, -0.25) is 19.4 Å². The molecule has 0 amide bonds. The average molecular weight is 471 g/mol. The number of piperidine rings is 4. The van der Waals surface area contributed by atoms with Crippen LogP contribution in [0.25, 0.3) is 0 Å². The fraction of sp³-hybridized carbons (Fsp3) is 0.933. The highest BCUT2D eigenvalue weighted by molar-refractivity contribution is 5.85. The second-order valence-electron chi connectivity index (χ2n) is 12.9. The van der Waals surface area contributed by atoms with Crippen molar-refractivity contribution in [3.05, 3.63) is 0 Å². The Kier molecular flexibility index (Phi) is 8.15. The van der Waals surface area contributed by atoms with Crippen LogP contribution >= 0.6 is 0 Å². The average Bonchev–Trinajstić information content (AvgIpc) is 2.82. The van der Waals surface area contributed by atoms with Crippen molar-refractivity contribution in [2.24, 2.45) is 35.5 Å². The predicted octanol–water partition coefficient (Wildman–Crippen LogP) is 5.73. The highest BCUT2D eigenvalue weighted by Crippen LogP contribution is 2.42. The normalized spacial score (nSPS) is 43.7. The maximum absolute atomic E-state index is 13.3. The molecule has 0 aromatic heterocycles. The summed E-state index contributed by atoms with van der Waals surface area (Å²) < 4.78 is 0. The Bertz CT molecular complexity index is 663. The van der Waals surface area contributed by atoms with Gasteiger partial charge in [-0.15, -0.1) is 0 Å². The Hall–Kier alpha value is -0.740. The van der Waals surface area contributed by atoms with E-state index in [1.54, 1.807) is 0 Å². The van der Waals surface area contributed by atoms with Crippen molar-refractivity contribution in [1.29, 1.82) is 0 Å². The molecule has 34 heavy (non-hydrogen) atoms. The third kappa shape index (κ3) is 5.05. The predicted molar refractivity (Wildman–Crippen MR) is 138 cm³/mol. The quantitative estimate of drug-likeness (QED) is 0.453. The van der Waals surface area contributed by atoms with E-state index in [-0.39, 0.29) is 23.7 Å². The number of ketones is 2. The highest BCUT2D eigenvalue weighted by Gasteiger charge is 2.46. The lowest BCUT2D eigenvalue weighted by atomic mass is 9.69. The van der Waals surface area contributed by atoms with Gasteiger partial charge in [0.1, 0.15) is 11.6 Å². The minimum atomic E-state index is 0.224. The molecule has 4 saturated heterocycles. The standard InChI is InChI=1S/C30H50N2O2/c1-21-19-31-17-9-13-23-11-6-4-8-16-26-28-24(14-10-18-32(28)20-22(2)30(26)34)12-5-3-7-15-25(27(23)31)29(21)33/h21-28H,3-20H2,1-2H3/t21-,22+,23+,24-,25-,26+,27+,28-. The molecule has 0 radical (unpaired) electrons. The summed E-state index contributed by atoms with van der Waals surface area (Å²) in [5.41, 5.74) is 0. The van der Waals surface area contributed by atoms with Gasteiger partial charge in [-0.25, -0.2) is 0 Å². The summed E-state index contributed by atoms with van der Waals surface area (Å²) in [7, 11) is 0. The summed E-state index contributed by atoms with van der Waals surface area (Å²) in [6.45, 7) is 8.77. The first-order chi connectivity index (χ1) is 16.5. The van der Waals surface area contributed by atoms with Crippen molar-refractivity contribution < 1.29 is 9.59 Å². The van der Waals surface area contributed by atoms with E-state index >= 15 is 0 Å². The van der Waals surface area contributed by atoms with Crippen molar-refractivity contribution in [2.75, 3.05) is 26.2 Å². The number of carbonyl (C=O) groups is 2. The van der Waals surface area contributed by atoms with Gasteiger partial charge >= 0.3 is 0 Å². The summed E-state index contributed by atoms with van der Waals surface area (Å²) in [6.07, 6.45) is 17.5. The first-order valence-corrected chi connectivity index (χ1v) is 15.1. The zero-order valence-corrected chi connectivity index (χ0v) is 22.1. The largest absolute Gasteiger partial charge is 0.299 e. The van der Waals surface area contributed by atoms with Gasteiger partial charge in [-0.2, -0.15) is 0 Å². The van der Waals surface area contributed by atoms with Gasteiger partial charge in [0.2, 0.25) is 0 Å². The number of Topliss-reactive ketones (excluding diaryl/α,β-unsaturated/α-hetero) is 2. The molecule has 0 bridgehead atoms. The van der Waals surface area contributed by atoms with Crippen LogP contribution in [0, 0.1) is 35.5 Å². The van der Waals surface area contributed by atoms with Gasteiger partial charge in [-0.1, -0.05) is 52.4 Å². The van der Waals surface area contributed by atoms with Crippen LogP contribution in [0.4, 0.5) is 0 Å². The smallest absolute Gasteiger partial charge is 0.141 e. The Morgan fingerprint density at radius 2 is 0.912 bits per heavy atom. The Balaban J connectivity index is 1.31. The molecule has 4 heterocycles. The summed E-state index contributed by atoms with van der Waals surface area (Å²) in [5, 5.41) is 0. The van der Waals surface area contributed by atoms with Crippen LogP contribution in [-0.4, -0.2) is 59.6 Å². The zero-order chi connectivity index (χ0) is 23.7. The molecule has 0 aromatic carbocycles. The lowest BCUT2D eigenvalue weighted by Gasteiger charge is -2.50. The molecule has 0 N–H and O–H groups in total. The Morgan fingerprint density at radius 1 is 0.529 bits per heavy atom. The van der Waals surface area contributed by atoms with Crippen molar-refractivity contribution >= 4 is 11.6 Å². The van der Waals surface area contributed by atoms with E-state index in [0.29, 0.717) is 35.5 Å². The van der Waals surface area contributed by atoms with Crippen molar-refractivity contribution in [2.45, 2.75) is 116 Å². The van der Waals surface area contributed by atoms with Gasteiger partial charge < -0.3 is 0 Å². The molecule has 5 rings (SSSR count). The number of hydrogen-bond donors (Lipinski definition) is 0. The summed E-state index contributed by atoms with van der Waals surface area (Å²) in [4.78, 5) is 32.1. The third-order valence-corrected chi connectivity index (χ3v) is 10.6. The number of hydrogen-bond acceptors (Lipinski definition) is 4. The summed E-state index contributed by atoms with van der Waals surface area (Å²) in [5.74, 6) is 3.59. The second kappa shape index (κ2) is 11.1. The van der Waals surface area contributed by atoms with Crippen molar-refractivity contribution in [3.8, 4) is 0 Å². The molecule has 0 spiro atoms. The van der Waals surface area contributed by atoms with Gasteiger partial charge in [0.15, 0.2) is 0 Å². The number of nitrogens with zero attached hydrogens (tertiary/aromatic N) is 2. The first kappa shape index (κ1) is 24.9. The molecule has 0 unspecified atom stereocenters. The van der Waals surface area contributed by atoms with Gasteiger partial charge in [0.25, 0.3) is 0 Å². The molecule has 1 aliphatic carbocycles. The summed E-state index contributed by atoms with van der Waals surface area (Å²) in [6, 6.07) is 1.03. The molecule has 5 fully saturated rings. The zero-order valence-electron chi connectivity index (χ0n) is 22.1. The Morgan fingerprint density at radius 3 is 1.35 bits per heavy atom. The van der Waals surface area contributed by atoms with Crippen LogP contribution in [0.2, 0.25) is 0 Å². The third-order valence-electron chi connectivity index (χ3n) is 10.6. The molecule has 4 aliphatic heterocycles. The molecule has 1 saturated carbocycles. The minimum absolute atomic E-state index is 0.224. The van der Waals surface area contributed by atoms with E-state index in [4.69, 9.17) is 0 Å². The maximum atomic E-state index is 13.3. The van der Waals surface area contributed by atoms with Crippen LogP contribution in [0.3, 0.4) is 0 Å². The monoisotopic (exact) mass is 470 g/mol. The van der Waals surface area contributed by atoms with E-state index in [0.717, 1.165) is 25.9 Å². The van der Waals surface area contributed by atoms with E-state index in [1.807, 2.05) is 0 Å². The molecule has 5 aliphatic rings. The van der Waals surface area contributed by atoms with Crippen LogP contribution in [0.5, 0.6) is 0 Å². The van der Waals surface area contributed by atoms with Crippen LogP contribution in [0.15, 0.2) is 0 Å². The van der Waals surface area contributed by atoms with Crippen molar-refractivity contribution in [1.82, 2.24) is 9.80 Å². The Labute approximate surface area is 208 Å². The molecular formula is C30H50N2O2. The summed E-state index contributed by atoms with van der Waals surface area (Å²) >= 11 is 0. The molecular weight excluding hydrogens is 420 g/mol. The fourth-order valence-corrected chi connectivity index (χ4v) is 9.04. The molecule has 192 valence electrons.